The van der Waals surface area contributed by atoms with Gasteiger partial charge < -0.3 is 14.9 Å². The smallest absolute Gasteiger partial charge is 0.317 e. The van der Waals surface area contributed by atoms with Gasteiger partial charge >= 0.3 is 5.97 Å². The Morgan fingerprint density at radius 3 is 2.95 bits per heavy atom. The van der Waals surface area contributed by atoms with Crippen LogP contribution in [0.15, 0.2) is 24.3 Å². The third-order valence-corrected chi connectivity index (χ3v) is 3.39. The molecule has 0 amide bonds. The monoisotopic (exact) mass is 283 g/mol. The zero-order valence-corrected chi connectivity index (χ0v) is 11.1. The zero-order chi connectivity index (χ0) is 14.6. The van der Waals surface area contributed by atoms with Crippen LogP contribution in [0.3, 0.4) is 0 Å². The third kappa shape index (κ3) is 3.75. The summed E-state index contributed by atoms with van der Waals surface area (Å²) in [6, 6.07) is 6.12. The first kappa shape index (κ1) is 14.9. The molecule has 1 saturated heterocycles. The van der Waals surface area contributed by atoms with E-state index in [4.69, 9.17) is 9.84 Å². The van der Waals surface area contributed by atoms with Gasteiger partial charge in [0.05, 0.1) is 19.8 Å². The Balaban J connectivity index is 2.10. The largest absolute Gasteiger partial charge is 0.480 e. The predicted octanol–water partition coefficient (Wildman–Crippen LogP) is 0.516. The number of hydrogen-bond donors (Lipinski definition) is 2. The Morgan fingerprint density at radius 1 is 1.50 bits per heavy atom. The summed E-state index contributed by atoms with van der Waals surface area (Å²) in [5, 5.41) is 18.5. The van der Waals surface area contributed by atoms with E-state index in [0.29, 0.717) is 26.1 Å². The van der Waals surface area contributed by atoms with Crippen LogP contribution in [0, 0.1) is 5.82 Å². The number of aliphatic carboxylic acids is 1. The van der Waals surface area contributed by atoms with Crippen molar-refractivity contribution in [2.24, 2.45) is 0 Å². The maximum absolute atomic E-state index is 13.2. The minimum Gasteiger partial charge on any atom is -0.480 e. The van der Waals surface area contributed by atoms with E-state index in [1.165, 1.54) is 12.1 Å². The number of ether oxygens (including phenoxy) is 1. The zero-order valence-electron chi connectivity index (χ0n) is 11.1. The molecule has 1 heterocycles. The minimum absolute atomic E-state index is 0.0890. The molecule has 2 rings (SSSR count). The van der Waals surface area contributed by atoms with Crippen LogP contribution in [0.5, 0.6) is 0 Å². The number of carboxylic acids is 1. The number of morpholine rings is 1. The van der Waals surface area contributed by atoms with Crippen molar-refractivity contribution in [1.29, 1.82) is 0 Å². The second kappa shape index (κ2) is 6.30. The molecule has 1 aliphatic heterocycles. The summed E-state index contributed by atoms with van der Waals surface area (Å²) in [6.07, 6.45) is 0.345. The van der Waals surface area contributed by atoms with Crippen LogP contribution in [-0.2, 0) is 16.0 Å². The molecule has 0 aliphatic carbocycles. The quantitative estimate of drug-likeness (QED) is 0.824. The van der Waals surface area contributed by atoms with Crippen LogP contribution in [0.2, 0.25) is 0 Å². The van der Waals surface area contributed by atoms with Gasteiger partial charge in [0.15, 0.2) is 0 Å². The van der Waals surface area contributed by atoms with E-state index < -0.39 is 11.6 Å². The van der Waals surface area contributed by atoms with Gasteiger partial charge in [0.2, 0.25) is 0 Å². The number of halogens is 1. The molecule has 20 heavy (non-hydrogen) atoms. The first-order valence-electron chi connectivity index (χ1n) is 6.46. The Kier molecular flexibility index (Phi) is 4.69. The van der Waals surface area contributed by atoms with Crippen molar-refractivity contribution in [1.82, 2.24) is 4.90 Å². The average molecular weight is 283 g/mol. The molecule has 0 saturated carbocycles. The number of carboxylic acid groups (broad SMARTS) is 1. The van der Waals surface area contributed by atoms with E-state index in [1.807, 2.05) is 0 Å². The van der Waals surface area contributed by atoms with Crippen LogP contribution in [0.4, 0.5) is 4.39 Å². The van der Waals surface area contributed by atoms with Gasteiger partial charge in [-0.15, -0.1) is 0 Å². The highest BCUT2D eigenvalue weighted by atomic mass is 19.1. The summed E-state index contributed by atoms with van der Waals surface area (Å²) in [4.78, 5) is 12.5. The fraction of sp³-hybridized carbons (Fsp3) is 0.500. The van der Waals surface area contributed by atoms with Crippen molar-refractivity contribution in [3.8, 4) is 0 Å². The summed E-state index contributed by atoms with van der Waals surface area (Å²) in [7, 11) is 0. The molecule has 1 atom stereocenters. The van der Waals surface area contributed by atoms with Crippen molar-refractivity contribution in [3.63, 3.8) is 0 Å². The molecule has 6 heteroatoms. The standard InChI is InChI=1S/C14H18FNO4/c15-12-3-1-2-11(6-12)7-14(10-17)9-16(4-5-20-14)8-13(18)19/h1-3,6,17H,4-5,7-10H2,(H,18,19). The first-order valence-corrected chi connectivity index (χ1v) is 6.46. The third-order valence-electron chi connectivity index (χ3n) is 3.39. The summed E-state index contributed by atoms with van der Waals surface area (Å²) >= 11 is 0. The van der Waals surface area contributed by atoms with Crippen LogP contribution in [-0.4, -0.2) is 59.5 Å². The van der Waals surface area contributed by atoms with Crippen LogP contribution in [0.25, 0.3) is 0 Å². The maximum Gasteiger partial charge on any atom is 0.317 e. The molecular formula is C14H18FNO4. The van der Waals surface area contributed by atoms with Crippen LogP contribution < -0.4 is 0 Å². The molecule has 1 aromatic rings. The highest BCUT2D eigenvalue weighted by Crippen LogP contribution is 2.23. The number of benzene rings is 1. The number of carbonyl (C=O) groups is 1. The van der Waals surface area contributed by atoms with Crippen molar-refractivity contribution >= 4 is 5.97 Å². The molecule has 0 aromatic heterocycles. The number of nitrogens with zero attached hydrogens (tertiary/aromatic N) is 1. The molecule has 0 bridgehead atoms. The SMILES string of the molecule is O=C(O)CN1CCOC(CO)(Cc2cccc(F)c2)C1. The Labute approximate surface area is 116 Å². The van der Waals surface area contributed by atoms with E-state index in [0.717, 1.165) is 5.56 Å². The molecule has 1 fully saturated rings. The summed E-state index contributed by atoms with van der Waals surface area (Å²) in [5.41, 5.74) is -0.155. The van der Waals surface area contributed by atoms with Gasteiger partial charge in [-0.25, -0.2) is 4.39 Å². The van der Waals surface area contributed by atoms with E-state index in [9.17, 15) is 14.3 Å². The van der Waals surface area contributed by atoms with Gasteiger partial charge in [0.25, 0.3) is 0 Å². The van der Waals surface area contributed by atoms with Gasteiger partial charge in [0, 0.05) is 19.5 Å². The lowest BCUT2D eigenvalue weighted by Crippen LogP contribution is -2.56. The number of rotatable bonds is 5. The normalized spacial score (nSPS) is 23.7. The number of hydrogen-bond acceptors (Lipinski definition) is 4. The second-order valence-corrected chi connectivity index (χ2v) is 5.10. The molecule has 1 aromatic carbocycles. The van der Waals surface area contributed by atoms with Crippen LogP contribution >= 0.6 is 0 Å². The summed E-state index contributed by atoms with van der Waals surface area (Å²) in [5.74, 6) is -1.25. The lowest BCUT2D eigenvalue weighted by Gasteiger charge is -2.41. The van der Waals surface area contributed by atoms with E-state index in [-0.39, 0.29) is 19.0 Å². The highest BCUT2D eigenvalue weighted by molar-refractivity contribution is 5.69. The summed E-state index contributed by atoms with van der Waals surface area (Å²) in [6.45, 7) is 0.848. The molecule has 2 N–H and O–H groups in total. The lowest BCUT2D eigenvalue weighted by molar-refractivity contribution is -0.150. The van der Waals surface area contributed by atoms with E-state index in [1.54, 1.807) is 17.0 Å². The van der Waals surface area contributed by atoms with Crippen LogP contribution in [0.1, 0.15) is 5.56 Å². The topological polar surface area (TPSA) is 70.0 Å². The molecule has 1 aliphatic rings. The van der Waals surface area contributed by atoms with Gasteiger partial charge in [-0.2, -0.15) is 0 Å². The van der Waals surface area contributed by atoms with Gasteiger partial charge in [-0.05, 0) is 17.7 Å². The Bertz CT molecular complexity index is 482. The van der Waals surface area contributed by atoms with Gasteiger partial charge in [-0.3, -0.25) is 9.69 Å². The fourth-order valence-electron chi connectivity index (χ4n) is 2.53. The molecule has 110 valence electrons. The average Bonchev–Trinajstić information content (AvgIpc) is 2.38. The molecule has 1 unspecified atom stereocenters. The first-order chi connectivity index (χ1) is 9.53. The van der Waals surface area contributed by atoms with Crippen molar-refractivity contribution < 1.29 is 24.1 Å². The van der Waals surface area contributed by atoms with Crippen molar-refractivity contribution in [2.45, 2.75) is 12.0 Å². The second-order valence-electron chi connectivity index (χ2n) is 5.10. The highest BCUT2D eigenvalue weighted by Gasteiger charge is 2.37. The number of aliphatic hydroxyl groups is 1. The number of aliphatic hydroxyl groups excluding tert-OH is 1. The fourth-order valence-corrected chi connectivity index (χ4v) is 2.53. The van der Waals surface area contributed by atoms with Crippen molar-refractivity contribution in [3.05, 3.63) is 35.6 Å². The maximum atomic E-state index is 13.2. The Morgan fingerprint density at radius 2 is 2.30 bits per heavy atom. The van der Waals surface area contributed by atoms with Crippen molar-refractivity contribution in [2.75, 3.05) is 32.8 Å². The van der Waals surface area contributed by atoms with Gasteiger partial charge in [0.1, 0.15) is 11.4 Å². The summed E-state index contributed by atoms with van der Waals surface area (Å²) < 4.78 is 18.9. The Hall–Kier alpha value is -1.50. The molecular weight excluding hydrogens is 265 g/mol. The molecule has 0 radical (unpaired) electrons. The minimum atomic E-state index is -0.913. The lowest BCUT2D eigenvalue weighted by atomic mass is 9.93. The molecule has 0 spiro atoms. The predicted molar refractivity (Wildman–Crippen MR) is 69.9 cm³/mol. The van der Waals surface area contributed by atoms with E-state index >= 15 is 0 Å². The van der Waals surface area contributed by atoms with E-state index in [2.05, 4.69) is 0 Å². The van der Waals surface area contributed by atoms with Gasteiger partial charge in [-0.1, -0.05) is 12.1 Å². The molecule has 5 nitrogen and oxygen atoms in total.